The largest absolute Gasteiger partial charge is 0.473 e. The number of nitrogens with two attached hydrogens (primary N) is 1. The zero-order valence-electron chi connectivity index (χ0n) is 18.2. The van der Waals surface area contributed by atoms with Crippen molar-refractivity contribution in [3.05, 3.63) is 63.6 Å². The molecule has 3 aromatic rings. The zero-order chi connectivity index (χ0) is 25.2. The van der Waals surface area contributed by atoms with Gasteiger partial charge >= 0.3 is 0 Å². The van der Waals surface area contributed by atoms with Gasteiger partial charge in [0.2, 0.25) is 15.3 Å². The average Bonchev–Trinajstić information content (AvgIpc) is 3.35. The second kappa shape index (κ2) is 10.5. The summed E-state index contributed by atoms with van der Waals surface area (Å²) in [5.41, 5.74) is 3.60. The second-order valence-electron chi connectivity index (χ2n) is 7.99. The number of carbonyl (C=O) groups excluding carboxylic acids is 1. The van der Waals surface area contributed by atoms with Crippen LogP contribution in [-0.2, 0) is 9.84 Å². The van der Waals surface area contributed by atoms with Crippen molar-refractivity contribution in [3.8, 4) is 5.75 Å². The highest BCUT2D eigenvalue weighted by atomic mass is 127. The average molecular weight is 617 g/mol. The van der Waals surface area contributed by atoms with Crippen molar-refractivity contribution in [2.24, 2.45) is 11.7 Å². The number of hydrogen-bond acceptors (Lipinski definition) is 7. The highest BCUT2D eigenvalue weighted by Crippen LogP contribution is 2.35. The summed E-state index contributed by atoms with van der Waals surface area (Å²) in [4.78, 5) is 18.9. The molecule has 1 amide bonds. The van der Waals surface area contributed by atoms with E-state index in [9.17, 15) is 22.0 Å². The lowest BCUT2D eigenvalue weighted by molar-refractivity contribution is 0.0992. The fraction of sp³-hybridized carbons (Fsp3) is 0.273. The molecule has 0 radical (unpaired) electrons. The van der Waals surface area contributed by atoms with Crippen LogP contribution in [0.4, 0.5) is 20.2 Å². The van der Waals surface area contributed by atoms with E-state index >= 15 is 0 Å². The molecule has 1 aliphatic rings. The van der Waals surface area contributed by atoms with Crippen LogP contribution in [-0.4, -0.2) is 42.8 Å². The lowest BCUT2D eigenvalue weighted by Crippen LogP contribution is -2.44. The van der Waals surface area contributed by atoms with Gasteiger partial charge in [-0.3, -0.25) is 4.79 Å². The number of ether oxygens (including phenoxy) is 1. The first kappa shape index (κ1) is 25.3. The van der Waals surface area contributed by atoms with Crippen molar-refractivity contribution < 1.29 is 26.7 Å². The molecule has 0 aliphatic carbocycles. The fourth-order valence-corrected chi connectivity index (χ4v) is 6.03. The van der Waals surface area contributed by atoms with Gasteiger partial charge in [-0.2, -0.15) is 0 Å². The van der Waals surface area contributed by atoms with Gasteiger partial charge in [-0.05, 0) is 66.2 Å². The minimum Gasteiger partial charge on any atom is -0.473 e. The third-order valence-electron chi connectivity index (χ3n) is 5.55. The van der Waals surface area contributed by atoms with Crippen molar-refractivity contribution in [2.75, 3.05) is 18.4 Å². The van der Waals surface area contributed by atoms with E-state index in [1.165, 1.54) is 24.7 Å². The quantitative estimate of drug-likeness (QED) is 0.285. The maximum Gasteiger partial charge on any atom is 0.254 e. The second-order valence-corrected chi connectivity index (χ2v) is 11.2. The van der Waals surface area contributed by atoms with Gasteiger partial charge in [0.25, 0.3) is 5.91 Å². The number of aromatic amines is 1. The Hall–Kier alpha value is -2.78. The van der Waals surface area contributed by atoms with E-state index in [1.54, 1.807) is 6.07 Å². The number of aromatic nitrogens is 2. The van der Waals surface area contributed by atoms with Gasteiger partial charge < -0.3 is 26.1 Å². The van der Waals surface area contributed by atoms with Gasteiger partial charge in [-0.25, -0.2) is 22.2 Å². The van der Waals surface area contributed by atoms with Gasteiger partial charge in [-0.1, -0.05) is 0 Å². The molecule has 2 aromatic carbocycles. The van der Waals surface area contributed by atoms with Crippen molar-refractivity contribution in [1.82, 2.24) is 15.3 Å². The molecule has 1 aliphatic heterocycles. The lowest BCUT2D eigenvalue weighted by atomic mass is 10.0. The summed E-state index contributed by atoms with van der Waals surface area (Å²) in [5.74, 6) is -3.37. The maximum atomic E-state index is 14.7. The van der Waals surface area contributed by atoms with E-state index < -0.39 is 38.7 Å². The minimum absolute atomic E-state index is 0.0263. The Morgan fingerprint density at radius 2 is 2.06 bits per heavy atom. The van der Waals surface area contributed by atoms with Crippen LogP contribution in [0.5, 0.6) is 5.75 Å². The molecule has 13 heteroatoms. The van der Waals surface area contributed by atoms with Crippen molar-refractivity contribution in [1.29, 1.82) is 0 Å². The van der Waals surface area contributed by atoms with Crippen LogP contribution in [0.15, 0.2) is 47.9 Å². The van der Waals surface area contributed by atoms with Crippen LogP contribution in [0.1, 0.15) is 23.2 Å². The topological polar surface area (TPSA) is 139 Å². The molecule has 1 fully saturated rings. The fourth-order valence-electron chi connectivity index (χ4n) is 3.93. The van der Waals surface area contributed by atoms with E-state index in [2.05, 4.69) is 20.6 Å². The summed E-state index contributed by atoms with van der Waals surface area (Å²) < 4.78 is 62.4. The predicted octanol–water partition coefficient (Wildman–Crippen LogP) is 3.31. The number of piperidine rings is 1. The van der Waals surface area contributed by atoms with Crippen molar-refractivity contribution in [3.63, 3.8) is 0 Å². The molecular weight excluding hydrogens is 595 g/mol. The molecule has 9 nitrogen and oxygen atoms in total. The Kier molecular flexibility index (Phi) is 7.56. The first-order chi connectivity index (χ1) is 16.7. The molecule has 1 saturated heterocycles. The third kappa shape index (κ3) is 5.56. The lowest BCUT2D eigenvalue weighted by Gasteiger charge is -2.31. The van der Waals surface area contributed by atoms with Crippen molar-refractivity contribution >= 4 is 49.7 Å². The number of H-pyrrole nitrogens is 1. The van der Waals surface area contributed by atoms with Gasteiger partial charge in [0.1, 0.15) is 22.9 Å². The highest BCUT2D eigenvalue weighted by Gasteiger charge is 2.39. The van der Waals surface area contributed by atoms with Gasteiger partial charge in [0, 0.05) is 28.3 Å². The SMILES string of the molecule is NC(=O)c1c(Nc2ccc(I)cc2F)cc(F)cc1OC(C1CCCNC1)S(=O)(=O)c1c[nH]cn1. The Balaban J connectivity index is 1.78. The Morgan fingerprint density at radius 3 is 2.69 bits per heavy atom. The number of amides is 1. The van der Waals surface area contributed by atoms with Crippen LogP contribution in [0, 0.1) is 21.1 Å². The van der Waals surface area contributed by atoms with Crippen LogP contribution >= 0.6 is 22.6 Å². The molecule has 1 aromatic heterocycles. The number of rotatable bonds is 8. The number of nitrogens with zero attached hydrogens (tertiary/aromatic N) is 1. The molecule has 2 unspecified atom stereocenters. The van der Waals surface area contributed by atoms with E-state index in [1.807, 2.05) is 22.6 Å². The number of nitrogens with one attached hydrogen (secondary N) is 3. The maximum absolute atomic E-state index is 14.7. The number of sulfone groups is 1. The van der Waals surface area contributed by atoms with Gasteiger partial charge in [0.15, 0.2) is 5.03 Å². The summed E-state index contributed by atoms with van der Waals surface area (Å²) >= 11 is 1.94. The molecule has 2 atom stereocenters. The minimum atomic E-state index is -4.15. The third-order valence-corrected chi connectivity index (χ3v) is 8.12. The molecule has 0 saturated carbocycles. The normalized spacial score (nSPS) is 17.1. The van der Waals surface area contributed by atoms with Crippen LogP contribution in [0.25, 0.3) is 0 Å². The molecule has 186 valence electrons. The monoisotopic (exact) mass is 617 g/mol. The molecule has 35 heavy (non-hydrogen) atoms. The van der Waals surface area contributed by atoms with Gasteiger partial charge in [-0.15, -0.1) is 0 Å². The Labute approximate surface area is 213 Å². The smallest absolute Gasteiger partial charge is 0.254 e. The Bertz CT molecular complexity index is 1330. The number of benzene rings is 2. The van der Waals surface area contributed by atoms with Crippen LogP contribution in [0.3, 0.4) is 0 Å². The number of primary amides is 1. The molecule has 5 N–H and O–H groups in total. The van der Waals surface area contributed by atoms with Crippen LogP contribution < -0.4 is 21.1 Å². The van der Waals surface area contributed by atoms with Crippen molar-refractivity contribution in [2.45, 2.75) is 23.3 Å². The van der Waals surface area contributed by atoms with E-state index in [0.717, 1.165) is 12.1 Å². The Morgan fingerprint density at radius 1 is 1.26 bits per heavy atom. The summed E-state index contributed by atoms with van der Waals surface area (Å²) in [6, 6.07) is 6.15. The highest BCUT2D eigenvalue weighted by molar-refractivity contribution is 14.1. The number of hydrogen-bond donors (Lipinski definition) is 4. The molecule has 0 spiro atoms. The van der Waals surface area contributed by atoms with E-state index in [4.69, 9.17) is 10.5 Å². The number of imidazole rings is 1. The number of anilines is 2. The number of halogens is 3. The standard InChI is InChI=1S/C22H22F2IN5O4S/c23-13-6-17(30-16-4-3-14(25)8-15(16)24)20(21(26)31)18(7-13)34-22(12-2-1-5-27-9-12)35(32,33)19-10-28-11-29-19/h3-4,6-8,10-12,22,27,30H,1-2,5,9H2,(H2,26,31)(H,28,29). The first-order valence-corrected chi connectivity index (χ1v) is 13.2. The van der Waals surface area contributed by atoms with E-state index in [0.29, 0.717) is 29.5 Å². The van der Waals surface area contributed by atoms with Crippen LogP contribution in [0.2, 0.25) is 0 Å². The van der Waals surface area contributed by atoms with Gasteiger partial charge in [0.05, 0.1) is 17.7 Å². The summed E-state index contributed by atoms with van der Waals surface area (Å²) in [5, 5.41) is 5.55. The van der Waals surface area contributed by atoms with E-state index in [-0.39, 0.29) is 27.7 Å². The first-order valence-electron chi connectivity index (χ1n) is 10.6. The zero-order valence-corrected chi connectivity index (χ0v) is 21.2. The molecule has 0 bridgehead atoms. The predicted molar refractivity (Wildman–Crippen MR) is 133 cm³/mol. The number of carbonyl (C=O) groups is 1. The summed E-state index contributed by atoms with van der Waals surface area (Å²) in [7, 11) is -4.15. The molecular formula is C22H22F2IN5O4S. The summed E-state index contributed by atoms with van der Waals surface area (Å²) in [6.45, 7) is 1.04. The molecule has 4 rings (SSSR count). The summed E-state index contributed by atoms with van der Waals surface area (Å²) in [6.07, 6.45) is 3.65. The molecule has 2 heterocycles.